The predicted octanol–water partition coefficient (Wildman–Crippen LogP) is 6.87. The van der Waals surface area contributed by atoms with Gasteiger partial charge in [-0.1, -0.05) is 13.8 Å². The monoisotopic (exact) mass is 377 g/mol. The van der Waals surface area contributed by atoms with E-state index in [0.717, 1.165) is 0 Å². The highest BCUT2D eigenvalue weighted by Crippen LogP contribution is 2.86. The molecule has 2 bridgehead atoms. The summed E-state index contributed by atoms with van der Waals surface area (Å²) in [6.45, 7) is -1.26. The van der Waals surface area contributed by atoms with E-state index < -0.39 is 19.5 Å². The van der Waals surface area contributed by atoms with Crippen molar-refractivity contribution < 1.29 is 9.05 Å². The first-order valence-corrected chi connectivity index (χ1v) is 13.1. The van der Waals surface area contributed by atoms with Gasteiger partial charge in [0.1, 0.15) is 0 Å². The van der Waals surface area contributed by atoms with Crippen molar-refractivity contribution in [2.45, 2.75) is 13.8 Å². The van der Waals surface area contributed by atoms with Gasteiger partial charge in [-0.2, -0.15) is 13.5 Å². The molecule has 0 aromatic rings. The third kappa shape index (κ3) is 3.88. The maximum Gasteiger partial charge on any atom is 0.300 e. The Morgan fingerprint density at radius 1 is 0.882 bits per heavy atom. The second-order valence-corrected chi connectivity index (χ2v) is 15.8. The van der Waals surface area contributed by atoms with Gasteiger partial charge in [0.2, 0.25) is 0 Å². The molecule has 2 unspecified atom stereocenters. The number of halogens is 4. The molecule has 0 saturated heterocycles. The van der Waals surface area contributed by atoms with Crippen molar-refractivity contribution in [3.8, 4) is 0 Å². The lowest BCUT2D eigenvalue weighted by atomic mass is 9.97. The Morgan fingerprint density at radius 2 is 1.35 bits per heavy atom. The minimum atomic E-state index is -2.95. The molecule has 0 aromatic heterocycles. The molecule has 0 aliphatic carbocycles. The van der Waals surface area contributed by atoms with Crippen LogP contribution in [0.5, 0.6) is 0 Å². The molecule has 17 heavy (non-hydrogen) atoms. The molecule has 2 aliphatic heterocycles. The Balaban J connectivity index is 2.56. The van der Waals surface area contributed by atoms with Crippen LogP contribution < -0.4 is 0 Å². The number of fused-ring (bicyclic) bond motifs is 1. The van der Waals surface area contributed by atoms with Crippen LogP contribution >= 0.6 is 64.4 Å². The molecule has 12 heteroatoms. The van der Waals surface area contributed by atoms with Crippen molar-refractivity contribution >= 4 is 64.4 Å². The van der Waals surface area contributed by atoms with Crippen molar-refractivity contribution in [2.24, 2.45) is 19.0 Å². The Morgan fingerprint density at radius 3 is 1.88 bits per heavy atom. The standard InChI is InChI=1S/C5H10Cl4N3O2P3/c1-5(2)3-13-16(8)10-15(6,7)11-17(9,12-16)14-4-5/h3-4H2,1-2H3. The lowest BCUT2D eigenvalue weighted by Crippen LogP contribution is -2.24. The van der Waals surface area contributed by atoms with Gasteiger partial charge in [-0.15, -0.1) is 0 Å². The summed E-state index contributed by atoms with van der Waals surface area (Å²) in [7, 11) is 0. The zero-order valence-electron chi connectivity index (χ0n) is 8.93. The Labute approximate surface area is 119 Å². The van der Waals surface area contributed by atoms with Crippen LogP contribution in [-0.4, -0.2) is 13.2 Å². The molecule has 2 heterocycles. The molecule has 0 saturated carbocycles. The molecular weight excluding hydrogens is 369 g/mol. The highest BCUT2D eigenvalue weighted by Gasteiger charge is 2.39. The van der Waals surface area contributed by atoms with Crippen LogP contribution in [0.15, 0.2) is 13.5 Å². The maximum atomic E-state index is 6.20. The third-order valence-electron chi connectivity index (χ3n) is 1.90. The minimum Gasteiger partial charge on any atom is -0.315 e. The summed E-state index contributed by atoms with van der Waals surface area (Å²) in [6.07, 6.45) is 0. The molecule has 0 radical (unpaired) electrons. The third-order valence-corrected chi connectivity index (χ3v) is 13.5. The first-order chi connectivity index (χ1) is 7.54. The fourth-order valence-corrected chi connectivity index (χ4v) is 16.1. The molecule has 0 N–H and O–H groups in total. The van der Waals surface area contributed by atoms with Crippen LogP contribution in [-0.2, 0) is 9.05 Å². The van der Waals surface area contributed by atoms with Gasteiger partial charge in [0.25, 0.3) is 5.91 Å². The van der Waals surface area contributed by atoms with E-state index in [0.29, 0.717) is 13.2 Å². The Bertz CT molecular complexity index is 497. The molecule has 2 atom stereocenters. The summed E-state index contributed by atoms with van der Waals surface area (Å²) in [5, 5.41) is 0. The number of rotatable bonds is 0. The van der Waals surface area contributed by atoms with E-state index in [9.17, 15) is 0 Å². The first-order valence-electron chi connectivity index (χ1n) is 4.53. The van der Waals surface area contributed by atoms with E-state index in [1.807, 2.05) is 13.8 Å². The summed E-state index contributed by atoms with van der Waals surface area (Å²) in [5.74, 6) is -2.95. The zero-order chi connectivity index (χ0) is 12.9. The van der Waals surface area contributed by atoms with Crippen molar-refractivity contribution in [3.05, 3.63) is 0 Å². The van der Waals surface area contributed by atoms with Crippen molar-refractivity contribution in [3.63, 3.8) is 0 Å². The van der Waals surface area contributed by atoms with Gasteiger partial charge in [0, 0.05) is 5.41 Å². The molecule has 0 amide bonds. The van der Waals surface area contributed by atoms with E-state index >= 15 is 0 Å². The summed E-state index contributed by atoms with van der Waals surface area (Å²) in [4.78, 5) is 0. The molecule has 100 valence electrons. The smallest absolute Gasteiger partial charge is 0.300 e. The van der Waals surface area contributed by atoms with Gasteiger partial charge in [0.05, 0.1) is 13.2 Å². The lowest BCUT2D eigenvalue weighted by molar-refractivity contribution is 0.123. The molecule has 0 aromatic carbocycles. The van der Waals surface area contributed by atoms with E-state index in [2.05, 4.69) is 13.5 Å². The number of hydrogen-bond donors (Lipinski definition) is 0. The molecule has 0 fully saturated rings. The second-order valence-electron chi connectivity index (χ2n) is 4.38. The van der Waals surface area contributed by atoms with Crippen LogP contribution in [0.4, 0.5) is 0 Å². The van der Waals surface area contributed by atoms with Crippen LogP contribution in [0, 0.1) is 5.41 Å². The summed E-state index contributed by atoms with van der Waals surface area (Å²) < 4.78 is 23.2. The fourth-order valence-electron chi connectivity index (χ4n) is 1.11. The number of nitrogens with zero attached hydrogens (tertiary/aromatic N) is 3. The average Bonchev–Trinajstić information content (AvgIpc) is 2.08. The average molecular weight is 379 g/mol. The van der Waals surface area contributed by atoms with E-state index in [1.54, 1.807) is 0 Å². The van der Waals surface area contributed by atoms with E-state index in [1.165, 1.54) is 0 Å². The molecule has 2 aliphatic rings. The highest BCUT2D eigenvalue weighted by atomic mass is 35.9. The summed E-state index contributed by atoms with van der Waals surface area (Å²) in [5.41, 5.74) is -0.238. The largest absolute Gasteiger partial charge is 0.315 e. The van der Waals surface area contributed by atoms with E-state index in [4.69, 9.17) is 54.0 Å². The van der Waals surface area contributed by atoms with Crippen molar-refractivity contribution in [2.75, 3.05) is 13.2 Å². The van der Waals surface area contributed by atoms with Crippen LogP contribution in [0.2, 0.25) is 0 Å². The lowest BCUT2D eigenvalue weighted by Gasteiger charge is -2.33. The van der Waals surface area contributed by atoms with Crippen LogP contribution in [0.1, 0.15) is 13.8 Å². The predicted molar refractivity (Wildman–Crippen MR) is 77.1 cm³/mol. The van der Waals surface area contributed by atoms with Gasteiger partial charge in [-0.3, -0.25) is 0 Å². The zero-order valence-corrected chi connectivity index (χ0v) is 14.6. The number of hydrogen-bond acceptors (Lipinski definition) is 5. The van der Waals surface area contributed by atoms with Gasteiger partial charge >= 0.3 is 13.6 Å². The normalized spacial score (nSPS) is 43.4. The quantitative estimate of drug-likeness (QED) is 0.432. The fraction of sp³-hybridized carbons (Fsp3) is 1.00. The summed E-state index contributed by atoms with van der Waals surface area (Å²) in [6, 6.07) is 0. The van der Waals surface area contributed by atoms with Crippen LogP contribution in [0.25, 0.3) is 0 Å². The van der Waals surface area contributed by atoms with Crippen molar-refractivity contribution in [1.82, 2.24) is 0 Å². The van der Waals surface area contributed by atoms with Gasteiger partial charge in [-0.25, -0.2) is 0 Å². The minimum absolute atomic E-state index is 0.238. The van der Waals surface area contributed by atoms with Crippen molar-refractivity contribution in [1.29, 1.82) is 0 Å². The second kappa shape index (κ2) is 4.65. The van der Waals surface area contributed by atoms with Gasteiger partial charge in [-0.05, 0) is 45.0 Å². The summed E-state index contributed by atoms with van der Waals surface area (Å²) >= 11 is 24.3. The van der Waals surface area contributed by atoms with E-state index in [-0.39, 0.29) is 5.41 Å². The SMILES string of the molecule is CC1(C)COP2(Cl)=NP(Cl)(Cl)=NP(Cl)(=N2)OC1. The Kier molecular flexibility index (Phi) is 4.15. The topological polar surface area (TPSA) is 55.5 Å². The molecule has 0 spiro atoms. The molecular formula is C5H10Cl4N3O2P3. The highest BCUT2D eigenvalue weighted by molar-refractivity contribution is 8.16. The molecule has 5 nitrogen and oxygen atoms in total. The van der Waals surface area contributed by atoms with Crippen LogP contribution in [0.3, 0.4) is 0 Å². The Hall–Kier alpha value is 1.77. The van der Waals surface area contributed by atoms with Gasteiger partial charge in [0.15, 0.2) is 0 Å². The first kappa shape index (κ1) is 15.2. The molecule has 2 rings (SSSR count). The van der Waals surface area contributed by atoms with Gasteiger partial charge < -0.3 is 9.05 Å². The maximum absolute atomic E-state index is 6.20.